The molecule has 0 spiro atoms. The number of aliphatic hydroxyl groups excluding tert-OH is 14. The monoisotopic (exact) mass is 1090 g/mol. The number of rotatable bonds is 12. The number of esters is 1. The molecular formula is C53H86O23. The van der Waals surface area contributed by atoms with Gasteiger partial charge in [-0.2, -0.15) is 0 Å². The molecule has 0 aromatic carbocycles. The molecule has 0 amide bonds. The van der Waals surface area contributed by atoms with E-state index in [4.69, 9.17) is 37.9 Å². The number of allylic oxidation sites excluding steroid dienone is 2. The van der Waals surface area contributed by atoms with E-state index in [2.05, 4.69) is 40.7 Å². The summed E-state index contributed by atoms with van der Waals surface area (Å²) in [6.45, 7) is 10.8. The molecule has 4 saturated heterocycles. The van der Waals surface area contributed by atoms with Crippen molar-refractivity contribution in [3.63, 3.8) is 0 Å². The number of carbonyl (C=O) groups excluding carboxylic acids is 1. The van der Waals surface area contributed by atoms with Crippen molar-refractivity contribution in [2.45, 2.75) is 229 Å². The Labute approximate surface area is 442 Å². The maximum Gasteiger partial charge on any atom is 0.315 e. The molecule has 14 N–H and O–H groups in total. The van der Waals surface area contributed by atoms with Crippen LogP contribution in [-0.4, -0.2) is 233 Å². The second-order valence-electron chi connectivity index (χ2n) is 25.6. The van der Waals surface area contributed by atoms with Crippen molar-refractivity contribution < 1.29 is 114 Å². The van der Waals surface area contributed by atoms with E-state index >= 15 is 0 Å². The number of aliphatic hydroxyl groups is 14. The minimum atomic E-state index is -1.86. The summed E-state index contributed by atoms with van der Waals surface area (Å²) in [5.74, 6) is -0.659. The number of fused-ring (bicyclic) bond motifs is 7. The van der Waals surface area contributed by atoms with E-state index in [9.17, 15) is 76.3 Å². The van der Waals surface area contributed by atoms with Crippen LogP contribution in [0, 0.1) is 50.2 Å². The van der Waals surface area contributed by atoms with E-state index in [1.54, 1.807) is 0 Å². The molecule has 0 aromatic rings. The van der Waals surface area contributed by atoms with Crippen LogP contribution in [-0.2, 0) is 42.7 Å². The lowest BCUT2D eigenvalue weighted by Crippen LogP contribution is -2.67. The molecule has 4 aliphatic heterocycles. The molecular weight excluding hydrogens is 1000 g/mol. The Kier molecular flexibility index (Phi) is 16.8. The highest BCUT2D eigenvalue weighted by Gasteiger charge is 2.70. The topological polar surface area (TPSA) is 374 Å². The molecule has 4 heterocycles. The molecule has 28 atom stereocenters. The summed E-state index contributed by atoms with van der Waals surface area (Å²) in [7, 11) is 0. The Bertz CT molecular complexity index is 2080. The van der Waals surface area contributed by atoms with Gasteiger partial charge < -0.3 is 109 Å². The number of ether oxygens (including phenoxy) is 8. The molecule has 23 heteroatoms. The van der Waals surface area contributed by atoms with Gasteiger partial charge in [0.15, 0.2) is 18.9 Å². The van der Waals surface area contributed by atoms with Crippen molar-refractivity contribution in [3.05, 3.63) is 11.6 Å². The molecule has 76 heavy (non-hydrogen) atoms. The van der Waals surface area contributed by atoms with Gasteiger partial charge in [-0.25, -0.2) is 0 Å². The van der Waals surface area contributed by atoms with Crippen molar-refractivity contribution in [2.24, 2.45) is 50.2 Å². The Hall–Kier alpha value is -1.63. The summed E-state index contributed by atoms with van der Waals surface area (Å²) in [5, 5.41) is 148. The predicted octanol–water partition coefficient (Wildman–Crippen LogP) is -2.42. The summed E-state index contributed by atoms with van der Waals surface area (Å²) in [4.78, 5) is 14.8. The maximum absolute atomic E-state index is 14.8. The second kappa shape index (κ2) is 21.6. The molecule has 9 aliphatic rings. The third kappa shape index (κ3) is 9.46. The maximum atomic E-state index is 14.8. The van der Waals surface area contributed by atoms with Gasteiger partial charge in [-0.05, 0) is 109 Å². The lowest BCUT2D eigenvalue weighted by atomic mass is 9.33. The number of hydrogen-bond donors (Lipinski definition) is 14. The van der Waals surface area contributed by atoms with Crippen LogP contribution in [0.25, 0.3) is 0 Å². The number of carbonyl (C=O) groups is 1. The fourth-order valence-corrected chi connectivity index (χ4v) is 16.2. The zero-order chi connectivity index (χ0) is 55.4. The molecule has 436 valence electrons. The van der Waals surface area contributed by atoms with E-state index in [1.807, 2.05) is 6.92 Å². The zero-order valence-corrected chi connectivity index (χ0v) is 44.4. The molecule has 0 radical (unpaired) electrons. The Morgan fingerprint density at radius 3 is 1.68 bits per heavy atom. The van der Waals surface area contributed by atoms with Gasteiger partial charge in [0, 0.05) is 6.61 Å². The average Bonchev–Trinajstić information content (AvgIpc) is 3.41. The van der Waals surface area contributed by atoms with E-state index in [1.165, 1.54) is 0 Å². The highest BCUT2D eigenvalue weighted by molar-refractivity contribution is 5.79. The summed E-state index contributed by atoms with van der Waals surface area (Å²) in [5.41, 5.74) is -1.80. The Morgan fingerprint density at radius 1 is 0.579 bits per heavy atom. The van der Waals surface area contributed by atoms with Gasteiger partial charge in [0.05, 0.1) is 37.9 Å². The molecule has 0 aromatic heterocycles. The minimum absolute atomic E-state index is 0.0781. The first-order valence-corrected chi connectivity index (χ1v) is 27.4. The molecule has 8 fully saturated rings. The van der Waals surface area contributed by atoms with Gasteiger partial charge >= 0.3 is 5.97 Å². The molecule has 5 aliphatic carbocycles. The van der Waals surface area contributed by atoms with Crippen molar-refractivity contribution in [2.75, 3.05) is 33.0 Å². The SMILES string of the molecule is CC1(CO)CCC2(C(=O)O[C@@H]3O[C@H](CO)[C@@H](O)[C@H](O)[C@H]3O)CCC3(C)C(=CCC4C5(C)CCC(O[C@@H]6OC[C@H](O[C@@H]7O[C@H](CO)[C@@H](O)[C@H](O)[C@H]7O)[C@H](O)[C@H]6O[C@@H]6O[C@H](CO)[C@@H](O)[C@H](O)[C@H]6O)C(C)(C)C5CCC43C)C2C1. The quantitative estimate of drug-likeness (QED) is 0.0549. The van der Waals surface area contributed by atoms with Crippen LogP contribution >= 0.6 is 0 Å². The lowest BCUT2D eigenvalue weighted by molar-refractivity contribution is -0.382. The first-order valence-electron chi connectivity index (χ1n) is 27.4. The average molecular weight is 1090 g/mol. The van der Waals surface area contributed by atoms with Crippen molar-refractivity contribution in [1.82, 2.24) is 0 Å². The van der Waals surface area contributed by atoms with E-state index in [-0.39, 0.29) is 47.2 Å². The lowest BCUT2D eigenvalue weighted by Gasteiger charge is -2.71. The van der Waals surface area contributed by atoms with Crippen LogP contribution in [0.15, 0.2) is 11.6 Å². The third-order valence-electron chi connectivity index (χ3n) is 21.3. The van der Waals surface area contributed by atoms with Gasteiger partial charge in [-0.15, -0.1) is 0 Å². The van der Waals surface area contributed by atoms with Crippen LogP contribution in [0.1, 0.15) is 106 Å². The van der Waals surface area contributed by atoms with E-state index in [0.717, 1.165) is 24.8 Å². The third-order valence-corrected chi connectivity index (χ3v) is 21.3. The highest BCUT2D eigenvalue weighted by atomic mass is 16.8. The van der Waals surface area contributed by atoms with Gasteiger partial charge in [-0.3, -0.25) is 4.79 Å². The van der Waals surface area contributed by atoms with Gasteiger partial charge in [0.2, 0.25) is 6.29 Å². The Morgan fingerprint density at radius 2 is 1.12 bits per heavy atom. The summed E-state index contributed by atoms with van der Waals surface area (Å²) in [6, 6.07) is 0. The zero-order valence-electron chi connectivity index (χ0n) is 44.4. The van der Waals surface area contributed by atoms with E-state index in [0.29, 0.717) is 44.9 Å². The second-order valence-corrected chi connectivity index (χ2v) is 25.6. The fraction of sp³-hybridized carbons (Fsp3) is 0.943. The van der Waals surface area contributed by atoms with Crippen LogP contribution in [0.5, 0.6) is 0 Å². The van der Waals surface area contributed by atoms with Gasteiger partial charge in [0.25, 0.3) is 0 Å². The summed E-state index contributed by atoms with van der Waals surface area (Å²) >= 11 is 0. The number of hydrogen-bond acceptors (Lipinski definition) is 23. The fourth-order valence-electron chi connectivity index (χ4n) is 16.2. The summed E-state index contributed by atoms with van der Waals surface area (Å²) in [6.07, 6.45) is -22.7. The van der Waals surface area contributed by atoms with Crippen LogP contribution in [0.3, 0.4) is 0 Å². The highest BCUT2D eigenvalue weighted by Crippen LogP contribution is 2.76. The first kappa shape index (κ1) is 59.0. The smallest absolute Gasteiger partial charge is 0.315 e. The van der Waals surface area contributed by atoms with Gasteiger partial charge in [-0.1, -0.05) is 53.2 Å². The van der Waals surface area contributed by atoms with Crippen molar-refractivity contribution in [3.8, 4) is 0 Å². The normalized spacial score (nSPS) is 54.3. The molecule has 9 rings (SSSR count). The van der Waals surface area contributed by atoms with Crippen molar-refractivity contribution >= 4 is 5.97 Å². The molecule has 23 nitrogen and oxygen atoms in total. The standard InChI is InChI=1S/C53H86O23/c1-48(2)29-9-12-52(6)30(8-7-23-24-17-49(3,22-57)13-15-53(24,16-14-51(23,52)5)47(68)76-45-41(67)38(64)34(60)27(20-56)72-45)50(29,4)11-10-31(48)74-46-42(75-44-40(66)37(63)33(59)26(19-55)71-44)35(61)28(21-69-46)73-43-39(65)36(62)32(58)25(18-54)70-43/h7,24-46,54-67H,8-22H2,1-6H3/t24?,25-,26-,27-,28+,29?,30?,31?,32-,33-,34-,35+,36+,37+,38+,39-,40-,41-,42-,43+,44+,45+,46+,49?,50?,51?,52?,53?/m1/s1. The summed E-state index contributed by atoms with van der Waals surface area (Å²) < 4.78 is 48.2. The minimum Gasteiger partial charge on any atom is -0.432 e. The van der Waals surface area contributed by atoms with Crippen LogP contribution in [0.4, 0.5) is 0 Å². The molecule has 9 unspecified atom stereocenters. The largest absolute Gasteiger partial charge is 0.432 e. The Balaban J connectivity index is 0.962. The van der Waals surface area contributed by atoms with E-state index < -0.39 is 165 Å². The van der Waals surface area contributed by atoms with Gasteiger partial charge in [0.1, 0.15) is 91.6 Å². The molecule has 4 saturated carbocycles. The molecule has 0 bridgehead atoms. The van der Waals surface area contributed by atoms with Crippen LogP contribution < -0.4 is 0 Å². The van der Waals surface area contributed by atoms with Crippen molar-refractivity contribution in [1.29, 1.82) is 0 Å². The van der Waals surface area contributed by atoms with Crippen LogP contribution in [0.2, 0.25) is 0 Å². The predicted molar refractivity (Wildman–Crippen MR) is 258 cm³/mol. The first-order chi connectivity index (χ1) is 35.7.